The van der Waals surface area contributed by atoms with Gasteiger partial charge in [-0.15, -0.1) is 0 Å². The van der Waals surface area contributed by atoms with Gasteiger partial charge in [-0.05, 0) is 12.1 Å². The van der Waals surface area contributed by atoms with Crippen LogP contribution in [-0.2, 0) is 0 Å². The van der Waals surface area contributed by atoms with Crippen LogP contribution in [0.3, 0.4) is 0 Å². The molecule has 0 aliphatic carbocycles. The van der Waals surface area contributed by atoms with Crippen LogP contribution in [0.15, 0.2) is 18.3 Å². The zero-order valence-corrected chi connectivity index (χ0v) is 7.62. The summed E-state index contributed by atoms with van der Waals surface area (Å²) in [6.45, 7) is 1.83. The average Bonchev–Trinajstić information content (AvgIpc) is 2.86. The largest absolute Gasteiger partial charge is 0.340 e. The van der Waals surface area contributed by atoms with Crippen molar-refractivity contribution in [2.24, 2.45) is 0 Å². The van der Waals surface area contributed by atoms with Crippen LogP contribution in [0, 0.1) is 0 Å². The standard InChI is InChI=1S/C9H11N5/c1-2-7-9(10-3-1)14-8(13-7)6-4-11-12-5-6/h1-3,6,11-12H,4-5H2,(H,10,13,14). The van der Waals surface area contributed by atoms with Crippen LogP contribution >= 0.6 is 0 Å². The number of aromatic nitrogens is 3. The fourth-order valence-corrected chi connectivity index (χ4v) is 1.71. The third-order valence-electron chi connectivity index (χ3n) is 2.48. The summed E-state index contributed by atoms with van der Waals surface area (Å²) in [6.07, 6.45) is 1.76. The van der Waals surface area contributed by atoms with Crippen LogP contribution in [0.4, 0.5) is 0 Å². The summed E-state index contributed by atoms with van der Waals surface area (Å²) >= 11 is 0. The summed E-state index contributed by atoms with van der Waals surface area (Å²) < 4.78 is 0. The smallest absolute Gasteiger partial charge is 0.177 e. The van der Waals surface area contributed by atoms with E-state index in [2.05, 4.69) is 25.8 Å². The monoisotopic (exact) mass is 189 g/mol. The van der Waals surface area contributed by atoms with E-state index in [1.54, 1.807) is 6.20 Å². The number of nitrogens with zero attached hydrogens (tertiary/aromatic N) is 2. The number of imidazole rings is 1. The SMILES string of the molecule is c1cnc2nc(C3CNNC3)[nH]c2c1. The van der Waals surface area contributed by atoms with Gasteiger partial charge in [0.1, 0.15) is 5.82 Å². The Labute approximate surface area is 80.9 Å². The van der Waals surface area contributed by atoms with E-state index in [1.807, 2.05) is 12.1 Å². The lowest BCUT2D eigenvalue weighted by Gasteiger charge is -2.00. The Balaban J connectivity index is 2.05. The predicted molar refractivity (Wildman–Crippen MR) is 52.6 cm³/mol. The van der Waals surface area contributed by atoms with Crippen molar-refractivity contribution in [1.82, 2.24) is 25.8 Å². The molecule has 0 unspecified atom stereocenters. The van der Waals surface area contributed by atoms with Gasteiger partial charge in [-0.1, -0.05) is 0 Å². The molecule has 2 aromatic heterocycles. The van der Waals surface area contributed by atoms with E-state index in [1.165, 1.54) is 0 Å². The highest BCUT2D eigenvalue weighted by atomic mass is 15.4. The number of fused-ring (bicyclic) bond motifs is 1. The molecule has 72 valence electrons. The van der Waals surface area contributed by atoms with E-state index in [0.717, 1.165) is 30.1 Å². The first-order valence-electron chi connectivity index (χ1n) is 4.70. The molecule has 0 amide bonds. The van der Waals surface area contributed by atoms with Gasteiger partial charge in [0.05, 0.1) is 5.52 Å². The summed E-state index contributed by atoms with van der Waals surface area (Å²) in [5, 5.41) is 0. The maximum atomic E-state index is 4.45. The van der Waals surface area contributed by atoms with Gasteiger partial charge in [0.15, 0.2) is 5.65 Å². The van der Waals surface area contributed by atoms with Gasteiger partial charge in [-0.25, -0.2) is 9.97 Å². The molecule has 0 radical (unpaired) electrons. The van der Waals surface area contributed by atoms with Crippen molar-refractivity contribution in [1.29, 1.82) is 0 Å². The quantitative estimate of drug-likeness (QED) is 0.597. The molecular formula is C9H11N5. The molecule has 14 heavy (non-hydrogen) atoms. The predicted octanol–water partition coefficient (Wildman–Crippen LogP) is 0.149. The molecule has 5 heteroatoms. The Kier molecular flexibility index (Phi) is 1.71. The Bertz CT molecular complexity index is 410. The van der Waals surface area contributed by atoms with Crippen LogP contribution in [0.1, 0.15) is 11.7 Å². The third-order valence-corrected chi connectivity index (χ3v) is 2.48. The number of hydrogen-bond donors (Lipinski definition) is 3. The second-order valence-electron chi connectivity index (χ2n) is 3.46. The van der Waals surface area contributed by atoms with E-state index in [0.29, 0.717) is 5.92 Å². The molecule has 1 aliphatic rings. The van der Waals surface area contributed by atoms with Crippen molar-refractivity contribution in [3.8, 4) is 0 Å². The maximum absolute atomic E-state index is 4.45. The molecular weight excluding hydrogens is 178 g/mol. The molecule has 1 fully saturated rings. The number of hydrogen-bond acceptors (Lipinski definition) is 4. The second-order valence-corrected chi connectivity index (χ2v) is 3.46. The molecule has 5 nitrogen and oxygen atoms in total. The van der Waals surface area contributed by atoms with Crippen LogP contribution in [0.2, 0.25) is 0 Å². The molecule has 3 heterocycles. The molecule has 0 bridgehead atoms. The first-order chi connectivity index (χ1) is 6.93. The van der Waals surface area contributed by atoms with Gasteiger partial charge >= 0.3 is 0 Å². The van der Waals surface area contributed by atoms with Crippen molar-refractivity contribution in [3.05, 3.63) is 24.2 Å². The maximum Gasteiger partial charge on any atom is 0.177 e. The Hall–Kier alpha value is -1.46. The van der Waals surface area contributed by atoms with Gasteiger partial charge < -0.3 is 4.98 Å². The highest BCUT2D eigenvalue weighted by Crippen LogP contribution is 2.16. The van der Waals surface area contributed by atoms with E-state index in [-0.39, 0.29) is 0 Å². The van der Waals surface area contributed by atoms with Crippen molar-refractivity contribution < 1.29 is 0 Å². The Morgan fingerprint density at radius 1 is 1.29 bits per heavy atom. The lowest BCUT2D eigenvalue weighted by Crippen LogP contribution is -2.21. The zero-order valence-electron chi connectivity index (χ0n) is 7.62. The van der Waals surface area contributed by atoms with Crippen LogP contribution in [0.25, 0.3) is 11.2 Å². The molecule has 3 rings (SSSR count). The fraction of sp³-hybridized carbons (Fsp3) is 0.333. The van der Waals surface area contributed by atoms with Crippen molar-refractivity contribution in [3.63, 3.8) is 0 Å². The van der Waals surface area contributed by atoms with Crippen molar-refractivity contribution in [2.75, 3.05) is 13.1 Å². The number of H-pyrrole nitrogens is 1. The lowest BCUT2D eigenvalue weighted by atomic mass is 10.1. The summed E-state index contributed by atoms with van der Waals surface area (Å²) in [7, 11) is 0. The number of pyridine rings is 1. The van der Waals surface area contributed by atoms with Crippen molar-refractivity contribution in [2.45, 2.75) is 5.92 Å². The minimum absolute atomic E-state index is 0.421. The molecule has 0 atom stereocenters. The molecule has 1 aliphatic heterocycles. The van der Waals surface area contributed by atoms with E-state index in [9.17, 15) is 0 Å². The molecule has 0 aromatic carbocycles. The van der Waals surface area contributed by atoms with Crippen LogP contribution in [0.5, 0.6) is 0 Å². The van der Waals surface area contributed by atoms with Gasteiger partial charge in [0, 0.05) is 25.2 Å². The highest BCUT2D eigenvalue weighted by molar-refractivity contribution is 5.70. The minimum atomic E-state index is 0.421. The van der Waals surface area contributed by atoms with Gasteiger partial charge in [0.25, 0.3) is 0 Å². The van der Waals surface area contributed by atoms with Crippen LogP contribution < -0.4 is 10.9 Å². The summed E-state index contributed by atoms with van der Waals surface area (Å²) in [5.74, 6) is 1.43. The van der Waals surface area contributed by atoms with Gasteiger partial charge in [-0.2, -0.15) is 0 Å². The minimum Gasteiger partial charge on any atom is -0.340 e. The second kappa shape index (κ2) is 3.04. The Morgan fingerprint density at radius 2 is 2.14 bits per heavy atom. The summed E-state index contributed by atoms with van der Waals surface area (Å²) in [5.41, 5.74) is 7.98. The van der Waals surface area contributed by atoms with Crippen molar-refractivity contribution >= 4 is 11.2 Å². The zero-order chi connectivity index (χ0) is 9.38. The highest BCUT2D eigenvalue weighted by Gasteiger charge is 2.19. The first-order valence-corrected chi connectivity index (χ1v) is 4.70. The molecule has 0 spiro atoms. The van der Waals surface area contributed by atoms with E-state index in [4.69, 9.17) is 0 Å². The average molecular weight is 189 g/mol. The number of rotatable bonds is 1. The normalized spacial score (nSPS) is 18.0. The van der Waals surface area contributed by atoms with Crippen LogP contribution in [-0.4, -0.2) is 28.0 Å². The van der Waals surface area contributed by atoms with E-state index >= 15 is 0 Å². The molecule has 3 N–H and O–H groups in total. The van der Waals surface area contributed by atoms with Gasteiger partial charge in [0.2, 0.25) is 0 Å². The topological polar surface area (TPSA) is 65.6 Å². The number of hydrazine groups is 1. The lowest BCUT2D eigenvalue weighted by molar-refractivity contribution is 0.689. The summed E-state index contributed by atoms with van der Waals surface area (Å²) in [6, 6.07) is 3.91. The first kappa shape index (κ1) is 7.90. The number of nitrogens with one attached hydrogen (secondary N) is 3. The van der Waals surface area contributed by atoms with Gasteiger partial charge in [-0.3, -0.25) is 10.9 Å². The molecule has 1 saturated heterocycles. The third kappa shape index (κ3) is 1.18. The molecule has 0 saturated carbocycles. The molecule has 2 aromatic rings. The van der Waals surface area contributed by atoms with E-state index < -0.39 is 0 Å². The summed E-state index contributed by atoms with van der Waals surface area (Å²) in [4.78, 5) is 11.9. The Morgan fingerprint density at radius 3 is 2.93 bits per heavy atom. The number of aromatic amines is 1. The fourth-order valence-electron chi connectivity index (χ4n) is 1.71.